The van der Waals surface area contributed by atoms with E-state index in [2.05, 4.69) is 28.6 Å². The molecule has 0 bridgehead atoms. The number of anilines is 2. The average Bonchev–Trinajstić information content (AvgIpc) is 2.74. The number of aromatic nitrogens is 1. The maximum atomic E-state index is 13.1. The molecule has 0 spiro atoms. The Balaban J connectivity index is 1.60. The summed E-state index contributed by atoms with van der Waals surface area (Å²) in [7, 11) is 0. The lowest BCUT2D eigenvalue weighted by molar-refractivity contribution is 0.0755. The number of hydrogen-bond donors (Lipinski definition) is 0. The minimum atomic E-state index is -0.210. The number of benzene rings is 1. The van der Waals surface area contributed by atoms with Crippen LogP contribution in [-0.2, 0) is 0 Å². The van der Waals surface area contributed by atoms with Crippen molar-refractivity contribution in [2.45, 2.75) is 26.7 Å². The summed E-state index contributed by atoms with van der Waals surface area (Å²) in [5, 5.41) is 0. The van der Waals surface area contributed by atoms with Crippen molar-refractivity contribution in [3.63, 3.8) is 0 Å². The Hall–Kier alpha value is -2.63. The minimum absolute atomic E-state index is 0.0591. The van der Waals surface area contributed by atoms with Gasteiger partial charge in [-0.2, -0.15) is 0 Å². The quantitative estimate of drug-likeness (QED) is 0.728. The van der Waals surface area contributed by atoms with Gasteiger partial charge in [-0.15, -0.1) is 0 Å². The number of rotatable bonds is 7. The SMILES string of the molecule is CCCN(CCC)C(=O)c1ccc(N2CCN(c3ccc(F)cc3)CC2)nc1. The van der Waals surface area contributed by atoms with Crippen LogP contribution >= 0.6 is 0 Å². The molecule has 0 aliphatic carbocycles. The van der Waals surface area contributed by atoms with Gasteiger partial charge in [0.05, 0.1) is 5.56 Å². The standard InChI is InChI=1S/C22H29FN4O/c1-3-11-27(12-4-2)22(28)18-5-10-21(24-17-18)26-15-13-25(14-16-26)20-8-6-19(23)7-9-20/h5-10,17H,3-4,11-16H2,1-2H3. The normalized spacial score (nSPS) is 14.2. The Bertz CT molecular complexity index is 749. The Labute approximate surface area is 166 Å². The zero-order valence-electron chi connectivity index (χ0n) is 16.8. The first-order valence-electron chi connectivity index (χ1n) is 10.1. The lowest BCUT2D eigenvalue weighted by atomic mass is 10.2. The zero-order chi connectivity index (χ0) is 19.9. The van der Waals surface area contributed by atoms with Gasteiger partial charge < -0.3 is 14.7 Å². The van der Waals surface area contributed by atoms with E-state index in [1.165, 1.54) is 12.1 Å². The summed E-state index contributed by atoms with van der Waals surface area (Å²) in [5.41, 5.74) is 1.69. The van der Waals surface area contributed by atoms with Gasteiger partial charge in [-0.3, -0.25) is 4.79 Å². The fourth-order valence-corrected chi connectivity index (χ4v) is 3.58. The van der Waals surface area contributed by atoms with Crippen molar-refractivity contribution in [3.05, 3.63) is 54.0 Å². The lowest BCUT2D eigenvalue weighted by Crippen LogP contribution is -2.46. The highest BCUT2D eigenvalue weighted by molar-refractivity contribution is 5.94. The molecule has 1 aliphatic heterocycles. The highest BCUT2D eigenvalue weighted by Gasteiger charge is 2.20. The second kappa shape index (κ2) is 9.53. The molecule has 150 valence electrons. The second-order valence-corrected chi connectivity index (χ2v) is 7.15. The molecule has 1 aromatic carbocycles. The summed E-state index contributed by atoms with van der Waals surface area (Å²) in [6, 6.07) is 10.5. The molecule has 0 saturated carbocycles. The number of amides is 1. The number of carbonyl (C=O) groups excluding carboxylic acids is 1. The van der Waals surface area contributed by atoms with Crippen molar-refractivity contribution in [1.29, 1.82) is 0 Å². The highest BCUT2D eigenvalue weighted by Crippen LogP contribution is 2.20. The Morgan fingerprint density at radius 3 is 2.11 bits per heavy atom. The minimum Gasteiger partial charge on any atom is -0.368 e. The van der Waals surface area contributed by atoms with Crippen LogP contribution in [0.3, 0.4) is 0 Å². The van der Waals surface area contributed by atoms with Crippen LogP contribution in [0.5, 0.6) is 0 Å². The van der Waals surface area contributed by atoms with Crippen LogP contribution in [0.2, 0.25) is 0 Å². The molecule has 1 amide bonds. The van der Waals surface area contributed by atoms with E-state index in [1.807, 2.05) is 29.2 Å². The van der Waals surface area contributed by atoms with Crippen LogP contribution in [0.1, 0.15) is 37.0 Å². The van der Waals surface area contributed by atoms with E-state index in [4.69, 9.17) is 0 Å². The van der Waals surface area contributed by atoms with Gasteiger partial charge >= 0.3 is 0 Å². The van der Waals surface area contributed by atoms with E-state index < -0.39 is 0 Å². The monoisotopic (exact) mass is 384 g/mol. The van der Waals surface area contributed by atoms with Gasteiger partial charge in [-0.25, -0.2) is 9.37 Å². The topological polar surface area (TPSA) is 39.7 Å². The van der Waals surface area contributed by atoms with Gasteiger partial charge in [0.25, 0.3) is 5.91 Å². The maximum Gasteiger partial charge on any atom is 0.255 e. The molecule has 0 N–H and O–H groups in total. The summed E-state index contributed by atoms with van der Waals surface area (Å²) in [6.07, 6.45) is 3.60. The van der Waals surface area contributed by atoms with Crippen molar-refractivity contribution in [1.82, 2.24) is 9.88 Å². The largest absolute Gasteiger partial charge is 0.368 e. The van der Waals surface area contributed by atoms with Crippen molar-refractivity contribution in [2.75, 3.05) is 49.1 Å². The van der Waals surface area contributed by atoms with E-state index in [9.17, 15) is 9.18 Å². The third-order valence-electron chi connectivity index (χ3n) is 5.06. The van der Waals surface area contributed by atoms with Gasteiger partial charge in [0.15, 0.2) is 0 Å². The zero-order valence-corrected chi connectivity index (χ0v) is 16.8. The van der Waals surface area contributed by atoms with Gasteiger partial charge in [0.1, 0.15) is 11.6 Å². The molecule has 5 nitrogen and oxygen atoms in total. The summed E-state index contributed by atoms with van der Waals surface area (Å²) in [4.78, 5) is 23.6. The summed E-state index contributed by atoms with van der Waals surface area (Å²) < 4.78 is 13.1. The molecule has 2 aromatic rings. The van der Waals surface area contributed by atoms with Crippen LogP contribution in [0.15, 0.2) is 42.6 Å². The van der Waals surface area contributed by atoms with E-state index in [1.54, 1.807) is 6.20 Å². The van der Waals surface area contributed by atoms with E-state index in [0.29, 0.717) is 5.56 Å². The molecule has 2 heterocycles. The second-order valence-electron chi connectivity index (χ2n) is 7.15. The molecule has 3 rings (SSSR count). The smallest absolute Gasteiger partial charge is 0.255 e. The van der Waals surface area contributed by atoms with Crippen LogP contribution in [0.25, 0.3) is 0 Å². The molecule has 6 heteroatoms. The van der Waals surface area contributed by atoms with Crippen molar-refractivity contribution in [2.24, 2.45) is 0 Å². The molecule has 0 atom stereocenters. The molecule has 1 aliphatic rings. The Morgan fingerprint density at radius 1 is 0.964 bits per heavy atom. The van der Waals surface area contributed by atoms with Crippen LogP contribution in [0, 0.1) is 5.82 Å². The first-order chi connectivity index (χ1) is 13.6. The van der Waals surface area contributed by atoms with Gasteiger partial charge in [-0.05, 0) is 49.2 Å². The summed E-state index contributed by atoms with van der Waals surface area (Å²) in [6.45, 7) is 9.12. The number of halogens is 1. The highest BCUT2D eigenvalue weighted by atomic mass is 19.1. The maximum absolute atomic E-state index is 13.1. The van der Waals surface area contributed by atoms with Gasteiger partial charge in [0, 0.05) is 51.2 Å². The van der Waals surface area contributed by atoms with Crippen LogP contribution < -0.4 is 9.80 Å². The van der Waals surface area contributed by atoms with E-state index in [-0.39, 0.29) is 11.7 Å². The third kappa shape index (κ3) is 4.80. The summed E-state index contributed by atoms with van der Waals surface area (Å²) in [5.74, 6) is 0.745. The molecule has 1 aromatic heterocycles. The van der Waals surface area contributed by atoms with Gasteiger partial charge in [0.2, 0.25) is 0 Å². The molecule has 0 radical (unpaired) electrons. The molecule has 1 saturated heterocycles. The predicted octanol–water partition coefficient (Wildman–Crippen LogP) is 3.81. The lowest BCUT2D eigenvalue weighted by Gasteiger charge is -2.36. The third-order valence-corrected chi connectivity index (χ3v) is 5.06. The average molecular weight is 384 g/mol. The first kappa shape index (κ1) is 20.1. The predicted molar refractivity (Wildman–Crippen MR) is 112 cm³/mol. The molecule has 0 unspecified atom stereocenters. The number of pyridine rings is 1. The van der Waals surface area contributed by atoms with Crippen LogP contribution in [-0.4, -0.2) is 55.1 Å². The molecule has 1 fully saturated rings. The Morgan fingerprint density at radius 2 is 1.57 bits per heavy atom. The fraction of sp³-hybridized carbons (Fsp3) is 0.455. The fourth-order valence-electron chi connectivity index (χ4n) is 3.58. The number of nitrogens with zero attached hydrogens (tertiary/aromatic N) is 4. The number of carbonyl (C=O) groups is 1. The molecular weight excluding hydrogens is 355 g/mol. The Kier molecular flexibility index (Phi) is 6.85. The van der Waals surface area contributed by atoms with E-state index >= 15 is 0 Å². The van der Waals surface area contributed by atoms with Crippen molar-refractivity contribution >= 4 is 17.4 Å². The number of piperazine rings is 1. The molecule has 28 heavy (non-hydrogen) atoms. The first-order valence-corrected chi connectivity index (χ1v) is 10.1. The van der Waals surface area contributed by atoms with Crippen LogP contribution in [0.4, 0.5) is 15.9 Å². The number of hydrogen-bond acceptors (Lipinski definition) is 4. The van der Waals surface area contributed by atoms with E-state index in [0.717, 1.165) is 63.6 Å². The van der Waals surface area contributed by atoms with Gasteiger partial charge in [-0.1, -0.05) is 13.8 Å². The molecular formula is C22H29FN4O. The van der Waals surface area contributed by atoms with Crippen molar-refractivity contribution in [3.8, 4) is 0 Å². The van der Waals surface area contributed by atoms with Crippen molar-refractivity contribution < 1.29 is 9.18 Å². The summed E-state index contributed by atoms with van der Waals surface area (Å²) >= 11 is 0.